The Bertz CT molecular complexity index is 189. The highest BCUT2D eigenvalue weighted by molar-refractivity contribution is 8.15. The molecule has 0 aromatic heterocycles. The Balaban J connectivity index is 1.75. The third-order valence-electron chi connectivity index (χ3n) is 3.79. The van der Waals surface area contributed by atoms with E-state index in [9.17, 15) is 0 Å². The van der Waals surface area contributed by atoms with Crippen molar-refractivity contribution in [3.05, 3.63) is 0 Å². The van der Waals surface area contributed by atoms with Crippen LogP contribution < -0.4 is 5.73 Å². The lowest BCUT2D eigenvalue weighted by molar-refractivity contribution is 0.0244. The number of nitrogens with two attached hydrogens (primary N) is 1. The van der Waals surface area contributed by atoms with Gasteiger partial charge in [-0.25, -0.2) is 10.9 Å². The summed E-state index contributed by atoms with van der Waals surface area (Å²) in [6.45, 7) is 2.65. The molecule has 0 aromatic carbocycles. The van der Waals surface area contributed by atoms with E-state index in [1.54, 1.807) is 0 Å². The summed E-state index contributed by atoms with van der Waals surface area (Å²) in [6.07, 6.45) is 10.2. The van der Waals surface area contributed by atoms with Crippen molar-refractivity contribution in [2.24, 2.45) is 11.1 Å². The van der Waals surface area contributed by atoms with Gasteiger partial charge in [0, 0.05) is 11.9 Å². The van der Waals surface area contributed by atoms with Crippen LogP contribution in [-0.4, -0.2) is 42.4 Å². The number of likely N-dealkylation sites (tertiary alicyclic amines) is 1. The van der Waals surface area contributed by atoms with Crippen molar-refractivity contribution < 1.29 is 0 Å². The number of piperidine rings is 1. The van der Waals surface area contributed by atoms with Crippen LogP contribution in [0.3, 0.4) is 0 Å². The van der Waals surface area contributed by atoms with E-state index in [0.717, 1.165) is 0 Å². The Kier molecular flexibility index (Phi) is 3.10. The lowest BCUT2D eigenvalue weighted by atomic mass is 9.61. The highest BCUT2D eigenvalue weighted by atomic mass is 32.2. The van der Waals surface area contributed by atoms with Gasteiger partial charge in [0.15, 0.2) is 0 Å². The highest BCUT2D eigenvalue weighted by Crippen LogP contribution is 2.48. The molecule has 1 aliphatic heterocycles. The maximum absolute atomic E-state index is 5.89. The van der Waals surface area contributed by atoms with E-state index in [0.29, 0.717) is 11.5 Å². The van der Waals surface area contributed by atoms with Crippen LogP contribution in [-0.2, 0) is 0 Å². The summed E-state index contributed by atoms with van der Waals surface area (Å²) in [5.41, 5.74) is 6.57. The Morgan fingerprint density at radius 2 is 1.86 bits per heavy atom. The quantitative estimate of drug-likeness (QED) is 0.684. The normalized spacial score (nSPS) is 28.9. The van der Waals surface area contributed by atoms with E-state index in [4.69, 9.17) is 5.73 Å². The topological polar surface area (TPSA) is 29.3 Å². The lowest BCUT2D eigenvalue weighted by Gasteiger charge is -2.51. The van der Waals surface area contributed by atoms with Crippen LogP contribution in [0.4, 0.5) is 0 Å². The summed E-state index contributed by atoms with van der Waals surface area (Å²) in [7, 11) is 0.252. The number of hydrogen-bond donors (Lipinski definition) is 2. The van der Waals surface area contributed by atoms with Gasteiger partial charge < -0.3 is 5.73 Å². The molecule has 2 nitrogen and oxygen atoms in total. The van der Waals surface area contributed by atoms with Crippen LogP contribution in [0, 0.1) is 5.41 Å². The van der Waals surface area contributed by atoms with Gasteiger partial charge in [0.2, 0.25) is 0 Å². The molecule has 2 fully saturated rings. The van der Waals surface area contributed by atoms with E-state index >= 15 is 0 Å². The molecular formula is C11H24N2S. The summed E-state index contributed by atoms with van der Waals surface area (Å²) < 4.78 is 0. The third kappa shape index (κ3) is 2.26. The number of thiol groups is 1. The molecule has 0 atom stereocenters. The molecule has 14 heavy (non-hydrogen) atoms. The van der Waals surface area contributed by atoms with Crippen LogP contribution in [0.5, 0.6) is 0 Å². The molecule has 0 amide bonds. The minimum absolute atomic E-state index is 0.252. The van der Waals surface area contributed by atoms with Crippen molar-refractivity contribution in [3.63, 3.8) is 0 Å². The molecule has 1 spiro atoms. The van der Waals surface area contributed by atoms with Gasteiger partial charge in [0.1, 0.15) is 0 Å². The van der Waals surface area contributed by atoms with Gasteiger partial charge in [-0.05, 0) is 56.7 Å². The van der Waals surface area contributed by atoms with Crippen molar-refractivity contribution in [2.75, 3.05) is 31.5 Å². The predicted molar refractivity (Wildman–Crippen MR) is 66.2 cm³/mol. The van der Waals surface area contributed by atoms with Gasteiger partial charge in [-0.1, -0.05) is 0 Å². The van der Waals surface area contributed by atoms with Crippen molar-refractivity contribution in [1.82, 2.24) is 4.90 Å². The average molecular weight is 216 g/mol. The summed E-state index contributed by atoms with van der Waals surface area (Å²) in [5.74, 6) is 1.34. The summed E-state index contributed by atoms with van der Waals surface area (Å²) >= 11 is 0. The first-order chi connectivity index (χ1) is 6.60. The molecule has 2 aliphatic rings. The fraction of sp³-hybridized carbons (Fsp3) is 1.00. The molecule has 2 rings (SSSR count). The summed E-state index contributed by atoms with van der Waals surface area (Å²) in [4.78, 5) is 2.65. The SMILES string of the molecule is C[SH](C)CN1CCC2(CC1)CC(N)C2. The maximum atomic E-state index is 5.89. The van der Waals surface area contributed by atoms with E-state index in [1.807, 2.05) is 0 Å². The maximum Gasteiger partial charge on any atom is 0.0261 e. The molecule has 0 bridgehead atoms. The summed E-state index contributed by atoms with van der Waals surface area (Å²) in [6, 6.07) is 0.524. The van der Waals surface area contributed by atoms with Crippen molar-refractivity contribution in [1.29, 1.82) is 0 Å². The summed E-state index contributed by atoms with van der Waals surface area (Å²) in [5, 5.41) is 0. The highest BCUT2D eigenvalue weighted by Gasteiger charge is 2.43. The second-order valence-electron chi connectivity index (χ2n) is 5.51. The molecule has 1 heterocycles. The molecule has 0 radical (unpaired) electrons. The molecule has 1 saturated heterocycles. The largest absolute Gasteiger partial charge is 0.328 e. The lowest BCUT2D eigenvalue weighted by Crippen LogP contribution is -2.52. The van der Waals surface area contributed by atoms with Crippen LogP contribution in [0.2, 0.25) is 0 Å². The molecule has 1 saturated carbocycles. The van der Waals surface area contributed by atoms with Crippen LogP contribution in [0.15, 0.2) is 0 Å². The van der Waals surface area contributed by atoms with Gasteiger partial charge in [-0.3, -0.25) is 4.90 Å². The second kappa shape index (κ2) is 4.03. The van der Waals surface area contributed by atoms with Gasteiger partial charge >= 0.3 is 0 Å². The van der Waals surface area contributed by atoms with Crippen molar-refractivity contribution in [3.8, 4) is 0 Å². The number of nitrogens with zero attached hydrogens (tertiary/aromatic N) is 1. The van der Waals surface area contributed by atoms with E-state index in [-0.39, 0.29) is 10.9 Å². The van der Waals surface area contributed by atoms with Crippen LogP contribution in [0.1, 0.15) is 25.7 Å². The molecule has 1 aliphatic carbocycles. The van der Waals surface area contributed by atoms with E-state index in [1.165, 1.54) is 44.6 Å². The first kappa shape index (κ1) is 10.8. The number of rotatable bonds is 2. The molecule has 84 valence electrons. The molecule has 3 heteroatoms. The van der Waals surface area contributed by atoms with Crippen molar-refractivity contribution in [2.45, 2.75) is 31.7 Å². The van der Waals surface area contributed by atoms with E-state index < -0.39 is 0 Å². The third-order valence-corrected chi connectivity index (χ3v) is 4.76. The Morgan fingerprint density at radius 3 is 2.29 bits per heavy atom. The van der Waals surface area contributed by atoms with Gasteiger partial charge in [-0.2, -0.15) is 0 Å². The monoisotopic (exact) mass is 216 g/mol. The van der Waals surface area contributed by atoms with E-state index in [2.05, 4.69) is 17.4 Å². The van der Waals surface area contributed by atoms with Crippen LogP contribution in [0.25, 0.3) is 0 Å². The Labute approximate surface area is 90.6 Å². The standard InChI is InChI=1S/C11H24N2S/c1-14(2)9-13-5-3-11(4-6-13)7-10(12)8-11/h10,14H,3-9,12H2,1-2H3. The van der Waals surface area contributed by atoms with Crippen LogP contribution >= 0.6 is 10.9 Å². The molecular weight excluding hydrogens is 192 g/mol. The Hall–Kier alpha value is 0.270. The fourth-order valence-corrected chi connectivity index (χ4v) is 4.11. The minimum Gasteiger partial charge on any atom is -0.328 e. The zero-order valence-electron chi connectivity index (χ0n) is 9.50. The first-order valence-corrected chi connectivity index (χ1v) is 8.14. The molecule has 0 aromatic rings. The fourth-order valence-electron chi connectivity index (χ4n) is 3.03. The zero-order chi connectivity index (χ0) is 10.2. The molecule has 0 unspecified atom stereocenters. The van der Waals surface area contributed by atoms with Gasteiger partial charge in [0.05, 0.1) is 0 Å². The Morgan fingerprint density at radius 1 is 1.29 bits per heavy atom. The van der Waals surface area contributed by atoms with Gasteiger partial charge in [-0.15, -0.1) is 0 Å². The zero-order valence-corrected chi connectivity index (χ0v) is 10.4. The smallest absolute Gasteiger partial charge is 0.0261 e. The van der Waals surface area contributed by atoms with Crippen molar-refractivity contribution >= 4 is 10.9 Å². The van der Waals surface area contributed by atoms with Gasteiger partial charge in [0.25, 0.3) is 0 Å². The number of hydrogen-bond acceptors (Lipinski definition) is 2. The minimum atomic E-state index is 0.252. The second-order valence-corrected chi connectivity index (χ2v) is 7.95. The average Bonchev–Trinajstić information content (AvgIpc) is 2.05. The molecule has 2 N–H and O–H groups in total. The first-order valence-electron chi connectivity index (χ1n) is 5.72. The predicted octanol–water partition coefficient (Wildman–Crippen LogP) is 1.41.